The van der Waals surface area contributed by atoms with Gasteiger partial charge in [0.2, 0.25) is 0 Å². The van der Waals surface area contributed by atoms with Crippen molar-refractivity contribution in [3.63, 3.8) is 0 Å². The van der Waals surface area contributed by atoms with Crippen molar-refractivity contribution in [1.82, 2.24) is 4.98 Å². The van der Waals surface area contributed by atoms with Gasteiger partial charge in [-0.05, 0) is 65.6 Å². The number of hydrogen-bond donors (Lipinski definition) is 0. The topological polar surface area (TPSA) is 46.3 Å². The lowest BCUT2D eigenvalue weighted by atomic mass is 10.0. The fourth-order valence-corrected chi connectivity index (χ4v) is 2.98. The molecule has 2 aromatic heterocycles. The van der Waals surface area contributed by atoms with Crippen LogP contribution in [0.25, 0.3) is 17.2 Å². The van der Waals surface area contributed by atoms with Crippen molar-refractivity contribution in [2.75, 3.05) is 11.4 Å². The summed E-state index contributed by atoms with van der Waals surface area (Å²) < 4.78 is 5.22. The van der Waals surface area contributed by atoms with E-state index in [9.17, 15) is 4.79 Å². The Morgan fingerprint density at radius 3 is 2.79 bits per heavy atom. The van der Waals surface area contributed by atoms with E-state index in [0.717, 1.165) is 23.2 Å². The molecule has 1 aliphatic heterocycles. The first-order valence-electron chi connectivity index (χ1n) is 7.88. The lowest BCUT2D eigenvalue weighted by molar-refractivity contribution is -0.114. The smallest absolute Gasteiger partial charge is 0.251 e. The average Bonchev–Trinajstić information content (AvgIpc) is 3.29. The molecule has 0 atom stereocenters. The van der Waals surface area contributed by atoms with E-state index in [4.69, 9.17) is 4.42 Å². The average molecular weight is 316 g/mol. The molecule has 0 bridgehead atoms. The van der Waals surface area contributed by atoms with E-state index < -0.39 is 0 Å². The number of hydrogen-bond acceptors (Lipinski definition) is 3. The van der Waals surface area contributed by atoms with Crippen molar-refractivity contribution in [2.24, 2.45) is 0 Å². The Hall–Kier alpha value is -3.14. The van der Waals surface area contributed by atoms with Gasteiger partial charge in [0.05, 0.1) is 6.26 Å². The number of carbonyl (C=O) groups excluding carboxylic acids is 1. The normalized spacial score (nSPS) is 13.4. The van der Waals surface area contributed by atoms with Gasteiger partial charge in [-0.3, -0.25) is 9.78 Å². The zero-order valence-corrected chi connectivity index (χ0v) is 13.1. The molecule has 0 N–H and O–H groups in total. The number of aromatic nitrogens is 1. The van der Waals surface area contributed by atoms with Crippen LogP contribution in [0.15, 0.2) is 71.6 Å². The van der Waals surface area contributed by atoms with Gasteiger partial charge >= 0.3 is 0 Å². The predicted octanol–water partition coefficient (Wildman–Crippen LogP) is 3.94. The minimum atomic E-state index is -0.0261. The van der Waals surface area contributed by atoms with Crippen molar-refractivity contribution >= 4 is 17.7 Å². The number of rotatable bonds is 3. The molecule has 0 radical (unpaired) electrons. The number of nitrogens with zero attached hydrogens (tertiary/aromatic N) is 2. The Kier molecular flexibility index (Phi) is 3.71. The number of anilines is 1. The Balaban J connectivity index is 1.57. The fourth-order valence-electron chi connectivity index (χ4n) is 2.98. The molecule has 4 heteroatoms. The number of amides is 1. The van der Waals surface area contributed by atoms with E-state index in [1.165, 1.54) is 5.56 Å². The van der Waals surface area contributed by atoms with Crippen LogP contribution < -0.4 is 4.90 Å². The molecule has 0 unspecified atom stereocenters. The molecule has 0 aliphatic carbocycles. The summed E-state index contributed by atoms with van der Waals surface area (Å²) >= 11 is 0. The summed E-state index contributed by atoms with van der Waals surface area (Å²) in [5, 5.41) is 0. The summed E-state index contributed by atoms with van der Waals surface area (Å²) in [5.41, 5.74) is 4.47. The highest BCUT2D eigenvalue weighted by molar-refractivity contribution is 6.05. The van der Waals surface area contributed by atoms with Crippen LogP contribution in [0, 0.1) is 0 Å². The molecule has 0 spiro atoms. The molecule has 118 valence electrons. The third kappa shape index (κ3) is 2.74. The number of carbonyl (C=O) groups is 1. The van der Waals surface area contributed by atoms with Crippen molar-refractivity contribution < 1.29 is 9.21 Å². The Bertz CT molecular complexity index is 883. The number of fused-ring (bicyclic) bond motifs is 1. The van der Waals surface area contributed by atoms with E-state index >= 15 is 0 Å². The first-order valence-corrected chi connectivity index (χ1v) is 7.88. The van der Waals surface area contributed by atoms with Crippen LogP contribution in [0.5, 0.6) is 0 Å². The van der Waals surface area contributed by atoms with E-state index in [0.29, 0.717) is 12.3 Å². The fraction of sp³-hybridized carbons (Fsp3) is 0.100. The summed E-state index contributed by atoms with van der Waals surface area (Å²) in [6.45, 7) is 0.705. The summed E-state index contributed by atoms with van der Waals surface area (Å²) in [6.07, 6.45) is 9.30. The summed E-state index contributed by atoms with van der Waals surface area (Å²) in [4.78, 5) is 18.3. The molecule has 1 aromatic carbocycles. The maximum Gasteiger partial charge on any atom is 0.251 e. The molecule has 0 fully saturated rings. The van der Waals surface area contributed by atoms with Crippen LogP contribution in [0.1, 0.15) is 11.3 Å². The first kappa shape index (κ1) is 14.5. The van der Waals surface area contributed by atoms with Crippen molar-refractivity contribution in [1.29, 1.82) is 0 Å². The second kappa shape index (κ2) is 6.16. The number of furan rings is 1. The largest absolute Gasteiger partial charge is 0.465 e. The van der Waals surface area contributed by atoms with Crippen LogP contribution in [0.2, 0.25) is 0 Å². The first-order chi connectivity index (χ1) is 11.8. The van der Waals surface area contributed by atoms with Gasteiger partial charge in [0.15, 0.2) is 0 Å². The van der Waals surface area contributed by atoms with Gasteiger partial charge in [0.25, 0.3) is 5.91 Å². The molecule has 4 nitrogen and oxygen atoms in total. The van der Waals surface area contributed by atoms with Gasteiger partial charge in [-0.25, -0.2) is 0 Å². The molecular weight excluding hydrogens is 300 g/mol. The molecule has 24 heavy (non-hydrogen) atoms. The molecule has 1 aliphatic rings. The van der Waals surface area contributed by atoms with Gasteiger partial charge in [-0.2, -0.15) is 0 Å². The number of pyridine rings is 1. The summed E-state index contributed by atoms with van der Waals surface area (Å²) in [7, 11) is 0. The highest BCUT2D eigenvalue weighted by Crippen LogP contribution is 2.32. The highest BCUT2D eigenvalue weighted by Gasteiger charge is 2.23. The van der Waals surface area contributed by atoms with Gasteiger partial charge < -0.3 is 9.32 Å². The Morgan fingerprint density at radius 2 is 2.00 bits per heavy atom. The third-order valence-corrected chi connectivity index (χ3v) is 4.19. The van der Waals surface area contributed by atoms with Crippen LogP contribution in [-0.4, -0.2) is 17.4 Å². The van der Waals surface area contributed by atoms with Gasteiger partial charge in [0, 0.05) is 30.7 Å². The molecule has 3 aromatic rings. The lowest BCUT2D eigenvalue weighted by Crippen LogP contribution is -2.26. The number of benzene rings is 1. The monoisotopic (exact) mass is 316 g/mol. The second-order valence-electron chi connectivity index (χ2n) is 5.67. The van der Waals surface area contributed by atoms with Crippen molar-refractivity contribution in [3.05, 3.63) is 78.5 Å². The van der Waals surface area contributed by atoms with Crippen LogP contribution in [0.4, 0.5) is 5.69 Å². The van der Waals surface area contributed by atoms with Gasteiger partial charge in [-0.15, -0.1) is 0 Å². The van der Waals surface area contributed by atoms with E-state index in [1.54, 1.807) is 36.9 Å². The van der Waals surface area contributed by atoms with Crippen LogP contribution in [0.3, 0.4) is 0 Å². The van der Waals surface area contributed by atoms with Crippen molar-refractivity contribution in [2.45, 2.75) is 6.42 Å². The van der Waals surface area contributed by atoms with Crippen LogP contribution in [-0.2, 0) is 11.2 Å². The maximum absolute atomic E-state index is 12.4. The molecule has 4 rings (SSSR count). The highest BCUT2D eigenvalue weighted by atomic mass is 16.3. The van der Waals surface area contributed by atoms with Gasteiger partial charge in [-0.1, -0.05) is 6.07 Å². The lowest BCUT2D eigenvalue weighted by Gasteiger charge is -2.15. The van der Waals surface area contributed by atoms with E-state index in [1.807, 2.05) is 29.2 Å². The maximum atomic E-state index is 12.4. The second-order valence-corrected chi connectivity index (χ2v) is 5.67. The third-order valence-electron chi connectivity index (χ3n) is 4.19. The zero-order chi connectivity index (χ0) is 16.4. The van der Waals surface area contributed by atoms with Crippen molar-refractivity contribution in [3.8, 4) is 11.1 Å². The quantitative estimate of drug-likeness (QED) is 0.688. The molecular formula is C20H16N2O2. The van der Waals surface area contributed by atoms with E-state index in [-0.39, 0.29) is 5.91 Å². The Labute approximate surface area is 140 Å². The molecule has 3 heterocycles. The minimum absolute atomic E-state index is 0.0261. The summed E-state index contributed by atoms with van der Waals surface area (Å²) in [6, 6.07) is 13.8. The SMILES string of the molecule is O=C(/C=C/c1ccco1)N1CCc2cc(-c3ccncc3)ccc21. The Morgan fingerprint density at radius 1 is 1.12 bits per heavy atom. The molecule has 0 saturated heterocycles. The summed E-state index contributed by atoms with van der Waals surface area (Å²) in [5.74, 6) is 0.651. The standard InChI is InChI=1S/C20H16N2O2/c23-20(6-4-18-2-1-13-24-18)22-12-9-17-14-16(3-5-19(17)22)15-7-10-21-11-8-15/h1-8,10-11,13-14H,9,12H2/b6-4+. The zero-order valence-electron chi connectivity index (χ0n) is 13.1. The van der Waals surface area contributed by atoms with Crippen LogP contribution >= 0.6 is 0 Å². The molecule has 0 saturated carbocycles. The van der Waals surface area contributed by atoms with E-state index in [2.05, 4.69) is 17.1 Å². The predicted molar refractivity (Wildman–Crippen MR) is 93.5 cm³/mol. The van der Waals surface area contributed by atoms with Gasteiger partial charge in [0.1, 0.15) is 5.76 Å². The molecule has 1 amide bonds. The minimum Gasteiger partial charge on any atom is -0.465 e.